The number of hydrogen-bond donors (Lipinski definition) is 2. The molecule has 6 heteroatoms. The van der Waals surface area contributed by atoms with E-state index in [4.69, 9.17) is 14.2 Å². The van der Waals surface area contributed by atoms with Gasteiger partial charge in [0.15, 0.2) is 18.0 Å². The van der Waals surface area contributed by atoms with E-state index in [-0.39, 0.29) is 6.61 Å². The van der Waals surface area contributed by atoms with Crippen LogP contribution in [0, 0.1) is 0 Å². The number of hydrogen-bond acceptors (Lipinski definition) is 6. The normalized spacial score (nSPS) is 41.1. The van der Waals surface area contributed by atoms with Crippen LogP contribution < -0.4 is 0 Å². The summed E-state index contributed by atoms with van der Waals surface area (Å²) < 4.78 is 16.4. The molecule has 0 bridgehead atoms. The van der Waals surface area contributed by atoms with Crippen molar-refractivity contribution in [1.82, 2.24) is 0 Å². The van der Waals surface area contributed by atoms with Crippen LogP contribution >= 0.6 is 0 Å². The second-order valence-electron chi connectivity index (χ2n) is 5.75. The van der Waals surface area contributed by atoms with Crippen molar-refractivity contribution in [2.45, 2.75) is 76.2 Å². The highest BCUT2D eigenvalue weighted by Crippen LogP contribution is 2.33. The molecule has 2 heterocycles. The molecular formula is C14H24O6. The van der Waals surface area contributed by atoms with E-state index in [1.807, 2.05) is 6.92 Å². The van der Waals surface area contributed by atoms with Crippen LogP contribution in [0.3, 0.4) is 0 Å². The van der Waals surface area contributed by atoms with Gasteiger partial charge in [-0.1, -0.05) is 26.2 Å². The molecule has 0 spiro atoms. The Labute approximate surface area is 119 Å². The fraction of sp³-hybridized carbons (Fsp3) is 0.929. The molecule has 2 aliphatic rings. The molecule has 0 radical (unpaired) electrons. The summed E-state index contributed by atoms with van der Waals surface area (Å²) in [6.07, 6.45) is 0.932. The van der Waals surface area contributed by atoms with Crippen LogP contribution in [0.1, 0.15) is 46.0 Å². The average molecular weight is 288 g/mol. The number of ether oxygens (including phenoxy) is 3. The van der Waals surface area contributed by atoms with E-state index in [9.17, 15) is 15.0 Å². The van der Waals surface area contributed by atoms with E-state index in [1.54, 1.807) is 0 Å². The van der Waals surface area contributed by atoms with Gasteiger partial charge in [-0.3, -0.25) is 0 Å². The first kappa shape index (κ1) is 15.7. The smallest absolute Gasteiger partial charge is 0.338 e. The van der Waals surface area contributed by atoms with Gasteiger partial charge in [0.2, 0.25) is 0 Å². The lowest BCUT2D eigenvalue weighted by molar-refractivity contribution is -0.344. The lowest BCUT2D eigenvalue weighted by Gasteiger charge is -2.46. The fourth-order valence-corrected chi connectivity index (χ4v) is 2.68. The molecule has 0 aromatic carbocycles. The zero-order valence-electron chi connectivity index (χ0n) is 12.1. The van der Waals surface area contributed by atoms with Crippen LogP contribution in [0.25, 0.3) is 0 Å². The first-order chi connectivity index (χ1) is 9.47. The number of carbonyl (C=O) groups excluding carboxylic acids is 1. The number of rotatable bonds is 5. The van der Waals surface area contributed by atoms with Gasteiger partial charge < -0.3 is 24.4 Å². The van der Waals surface area contributed by atoms with E-state index in [1.165, 1.54) is 6.42 Å². The summed E-state index contributed by atoms with van der Waals surface area (Å²) in [5, 5.41) is 19.5. The summed E-state index contributed by atoms with van der Waals surface area (Å²) in [6, 6.07) is 0. The van der Waals surface area contributed by atoms with Crippen molar-refractivity contribution in [1.29, 1.82) is 0 Å². The van der Waals surface area contributed by atoms with Crippen molar-refractivity contribution in [3.8, 4) is 0 Å². The minimum absolute atomic E-state index is 0.185. The number of fused-ring (bicyclic) bond motifs is 1. The van der Waals surface area contributed by atoms with E-state index in [2.05, 4.69) is 6.92 Å². The molecular weight excluding hydrogens is 264 g/mol. The Hall–Kier alpha value is -0.690. The molecule has 2 fully saturated rings. The summed E-state index contributed by atoms with van der Waals surface area (Å²) in [6.45, 7) is 4.16. The minimum atomic E-state index is -1.54. The van der Waals surface area contributed by atoms with Crippen LogP contribution in [0.15, 0.2) is 0 Å². The maximum Gasteiger partial charge on any atom is 0.338 e. The quantitative estimate of drug-likeness (QED) is 0.573. The van der Waals surface area contributed by atoms with E-state index in [0.29, 0.717) is 6.42 Å². The molecule has 0 aromatic rings. The Morgan fingerprint density at radius 1 is 1.30 bits per heavy atom. The Morgan fingerprint density at radius 3 is 2.75 bits per heavy atom. The summed E-state index contributed by atoms with van der Waals surface area (Å²) in [5.74, 6) is -1.61. The van der Waals surface area contributed by atoms with E-state index < -0.39 is 36.2 Å². The van der Waals surface area contributed by atoms with Gasteiger partial charge in [-0.15, -0.1) is 0 Å². The summed E-state index contributed by atoms with van der Waals surface area (Å²) in [7, 11) is 0. The van der Waals surface area contributed by atoms with Gasteiger partial charge in [0, 0.05) is 6.42 Å². The van der Waals surface area contributed by atoms with Crippen LogP contribution in [-0.2, 0) is 19.0 Å². The maximum atomic E-state index is 11.3. The molecule has 0 saturated carbocycles. The van der Waals surface area contributed by atoms with Gasteiger partial charge in [0.05, 0.1) is 6.61 Å². The molecule has 0 amide bonds. The van der Waals surface area contributed by atoms with Crippen molar-refractivity contribution >= 4 is 5.97 Å². The van der Waals surface area contributed by atoms with Crippen LogP contribution in [0.4, 0.5) is 0 Å². The predicted molar refractivity (Wildman–Crippen MR) is 69.9 cm³/mol. The van der Waals surface area contributed by atoms with Crippen molar-refractivity contribution in [3.05, 3.63) is 0 Å². The highest BCUT2D eigenvalue weighted by molar-refractivity contribution is 5.76. The molecule has 2 saturated heterocycles. The van der Waals surface area contributed by atoms with Gasteiger partial charge >= 0.3 is 5.97 Å². The molecule has 6 nitrogen and oxygen atoms in total. The van der Waals surface area contributed by atoms with Crippen LogP contribution in [-0.4, -0.2) is 53.0 Å². The molecule has 2 aliphatic heterocycles. The molecule has 1 unspecified atom stereocenters. The Morgan fingerprint density at radius 2 is 2.05 bits per heavy atom. The van der Waals surface area contributed by atoms with Gasteiger partial charge in [0.25, 0.3) is 0 Å². The summed E-state index contributed by atoms with van der Waals surface area (Å²) in [5.41, 5.74) is 0. The molecule has 0 aliphatic carbocycles. The third-order valence-electron chi connectivity index (χ3n) is 3.96. The van der Waals surface area contributed by atoms with Crippen LogP contribution in [0.2, 0.25) is 0 Å². The Bertz CT molecular complexity index is 345. The average Bonchev–Trinajstić information content (AvgIpc) is 2.43. The number of aliphatic hydroxyl groups is 2. The first-order valence-electron chi connectivity index (χ1n) is 7.35. The second kappa shape index (κ2) is 6.39. The predicted octanol–water partition coefficient (Wildman–Crippen LogP) is 0.736. The van der Waals surface area contributed by atoms with Crippen molar-refractivity contribution in [2.75, 3.05) is 6.61 Å². The number of unbranched alkanes of at least 4 members (excludes halogenated alkanes) is 3. The lowest BCUT2D eigenvalue weighted by atomic mass is 9.97. The molecule has 0 aromatic heterocycles. The third kappa shape index (κ3) is 3.31. The molecule has 20 heavy (non-hydrogen) atoms. The molecule has 116 valence electrons. The molecule has 2 rings (SSSR count). The van der Waals surface area contributed by atoms with Crippen molar-refractivity contribution in [3.63, 3.8) is 0 Å². The fourth-order valence-electron chi connectivity index (χ4n) is 2.68. The highest BCUT2D eigenvalue weighted by Gasteiger charge is 2.51. The third-order valence-corrected chi connectivity index (χ3v) is 3.96. The molecule has 5 atom stereocenters. The number of aliphatic hydroxyl groups excluding tert-OH is 2. The topological polar surface area (TPSA) is 85.2 Å². The SMILES string of the molecule is CCCCCCC1(C)OC[C@H]2OC(=O)[C@H](O)[C@@H](O)[C@@H]2O1. The lowest BCUT2D eigenvalue weighted by Crippen LogP contribution is -2.63. The number of carbonyl (C=O) groups is 1. The van der Waals surface area contributed by atoms with E-state index >= 15 is 0 Å². The molecule has 2 N–H and O–H groups in total. The minimum Gasteiger partial charge on any atom is -0.455 e. The largest absolute Gasteiger partial charge is 0.455 e. The first-order valence-corrected chi connectivity index (χ1v) is 7.35. The number of esters is 1. The van der Waals surface area contributed by atoms with Crippen molar-refractivity contribution in [2.24, 2.45) is 0 Å². The zero-order chi connectivity index (χ0) is 14.8. The van der Waals surface area contributed by atoms with Gasteiger partial charge in [-0.25, -0.2) is 4.79 Å². The Balaban J connectivity index is 1.92. The zero-order valence-corrected chi connectivity index (χ0v) is 12.1. The standard InChI is InChI=1S/C14H24O6/c1-3-4-5-6-7-14(2)18-8-9-12(20-14)10(15)11(16)13(17)19-9/h9-12,15-16H,3-8H2,1-2H3/t9-,10-,11-,12-,14?/m1/s1. The van der Waals surface area contributed by atoms with Crippen LogP contribution in [0.5, 0.6) is 0 Å². The van der Waals surface area contributed by atoms with Gasteiger partial charge in [-0.2, -0.15) is 0 Å². The highest BCUT2D eigenvalue weighted by atomic mass is 16.7. The monoisotopic (exact) mass is 288 g/mol. The Kier molecular flexibility index (Phi) is 5.01. The van der Waals surface area contributed by atoms with Crippen molar-refractivity contribution < 1.29 is 29.2 Å². The summed E-state index contributed by atoms with van der Waals surface area (Å²) in [4.78, 5) is 11.3. The van der Waals surface area contributed by atoms with Gasteiger partial charge in [0.1, 0.15) is 12.2 Å². The second-order valence-corrected chi connectivity index (χ2v) is 5.75. The van der Waals surface area contributed by atoms with Gasteiger partial charge in [-0.05, 0) is 13.3 Å². The maximum absolute atomic E-state index is 11.3. The van der Waals surface area contributed by atoms with E-state index in [0.717, 1.165) is 19.3 Å². The summed E-state index contributed by atoms with van der Waals surface area (Å²) >= 11 is 0.